The van der Waals surface area contributed by atoms with E-state index in [-0.39, 0.29) is 6.61 Å². The molecule has 1 aromatic rings. The van der Waals surface area contributed by atoms with E-state index in [1.165, 1.54) is 12.1 Å². The van der Waals surface area contributed by atoms with Gasteiger partial charge in [-0.25, -0.2) is 0 Å². The largest absolute Gasteiger partial charge is 0.395 e. The summed E-state index contributed by atoms with van der Waals surface area (Å²) in [5, 5.41) is 13.5. The summed E-state index contributed by atoms with van der Waals surface area (Å²) in [4.78, 5) is 2.35. The molecule has 0 bridgehead atoms. The summed E-state index contributed by atoms with van der Waals surface area (Å²) in [6, 6.07) is 2.42. The summed E-state index contributed by atoms with van der Waals surface area (Å²) in [6.07, 6.45) is 4.17. The first kappa shape index (κ1) is 10.6. The molecule has 2 heterocycles. The quantitative estimate of drug-likeness (QED) is 0.799. The van der Waals surface area contributed by atoms with Gasteiger partial charge >= 0.3 is 0 Å². The molecule has 0 amide bonds. The molecule has 1 aromatic heterocycles. The minimum Gasteiger partial charge on any atom is -0.395 e. The molecule has 0 spiro atoms. The lowest BCUT2D eigenvalue weighted by molar-refractivity contribution is 0.151. The Bertz CT molecular complexity index is 311. The fourth-order valence-electron chi connectivity index (χ4n) is 2.30. The molecule has 1 fully saturated rings. The van der Waals surface area contributed by atoms with Crippen molar-refractivity contribution in [2.75, 3.05) is 13.2 Å². The number of aliphatic hydroxyl groups excluding tert-OH is 1. The highest BCUT2D eigenvalue weighted by molar-refractivity contribution is 5.01. The second-order valence-corrected chi connectivity index (χ2v) is 4.09. The van der Waals surface area contributed by atoms with Crippen molar-refractivity contribution in [1.29, 1.82) is 0 Å². The van der Waals surface area contributed by atoms with Crippen molar-refractivity contribution in [3.63, 3.8) is 0 Å². The first-order valence-corrected chi connectivity index (χ1v) is 5.70. The van der Waals surface area contributed by atoms with Gasteiger partial charge in [-0.2, -0.15) is 5.10 Å². The zero-order valence-electron chi connectivity index (χ0n) is 9.26. The van der Waals surface area contributed by atoms with Crippen molar-refractivity contribution in [2.45, 2.75) is 38.9 Å². The van der Waals surface area contributed by atoms with Gasteiger partial charge in [-0.3, -0.25) is 9.58 Å². The number of aliphatic hydroxyl groups is 1. The third-order valence-electron chi connectivity index (χ3n) is 3.18. The Morgan fingerprint density at radius 2 is 2.47 bits per heavy atom. The fraction of sp³-hybridized carbons (Fsp3) is 0.727. The molecule has 0 saturated carbocycles. The topological polar surface area (TPSA) is 41.3 Å². The molecule has 84 valence electrons. The van der Waals surface area contributed by atoms with Crippen LogP contribution in [-0.4, -0.2) is 39.0 Å². The highest BCUT2D eigenvalue weighted by atomic mass is 16.3. The molecule has 15 heavy (non-hydrogen) atoms. The molecule has 1 aliphatic rings. The summed E-state index contributed by atoms with van der Waals surface area (Å²) in [7, 11) is 0. The first-order chi connectivity index (χ1) is 7.35. The van der Waals surface area contributed by atoms with E-state index in [9.17, 15) is 5.11 Å². The fourth-order valence-corrected chi connectivity index (χ4v) is 2.30. The van der Waals surface area contributed by atoms with E-state index >= 15 is 0 Å². The van der Waals surface area contributed by atoms with Crippen molar-refractivity contribution in [2.24, 2.45) is 0 Å². The van der Waals surface area contributed by atoms with Crippen LogP contribution in [0, 0.1) is 0 Å². The van der Waals surface area contributed by atoms with Crippen LogP contribution in [-0.2, 0) is 13.1 Å². The zero-order valence-corrected chi connectivity index (χ0v) is 9.26. The van der Waals surface area contributed by atoms with E-state index in [2.05, 4.69) is 23.0 Å². The third kappa shape index (κ3) is 2.21. The van der Waals surface area contributed by atoms with Gasteiger partial charge in [0.05, 0.1) is 12.3 Å². The number of likely N-dealkylation sites (tertiary alicyclic amines) is 1. The van der Waals surface area contributed by atoms with E-state index in [0.717, 1.165) is 26.1 Å². The van der Waals surface area contributed by atoms with Crippen LogP contribution in [0.4, 0.5) is 0 Å². The molecule has 4 nitrogen and oxygen atoms in total. The second-order valence-electron chi connectivity index (χ2n) is 4.09. The lowest BCUT2D eigenvalue weighted by Crippen LogP contribution is -2.32. The summed E-state index contributed by atoms with van der Waals surface area (Å²) < 4.78 is 2.02. The lowest BCUT2D eigenvalue weighted by Gasteiger charge is -2.22. The average molecular weight is 209 g/mol. The van der Waals surface area contributed by atoms with Crippen molar-refractivity contribution >= 4 is 0 Å². The SMILES string of the molecule is CCn1nccc1CN1CCC[C@H]1CO. The second kappa shape index (κ2) is 4.77. The van der Waals surface area contributed by atoms with Crippen LogP contribution in [0.2, 0.25) is 0 Å². The predicted molar refractivity (Wildman–Crippen MR) is 58.4 cm³/mol. The van der Waals surface area contributed by atoms with E-state index in [0.29, 0.717) is 6.04 Å². The number of hydrogen-bond donors (Lipinski definition) is 1. The predicted octanol–water partition coefficient (Wildman–Crippen LogP) is 0.860. The number of nitrogens with zero attached hydrogens (tertiary/aromatic N) is 3. The van der Waals surface area contributed by atoms with Crippen molar-refractivity contribution in [3.05, 3.63) is 18.0 Å². The number of hydrogen-bond acceptors (Lipinski definition) is 3. The Morgan fingerprint density at radius 1 is 1.60 bits per heavy atom. The molecule has 0 unspecified atom stereocenters. The molecule has 0 aromatic carbocycles. The van der Waals surface area contributed by atoms with Gasteiger partial charge in [0.15, 0.2) is 0 Å². The monoisotopic (exact) mass is 209 g/mol. The van der Waals surface area contributed by atoms with Crippen LogP contribution < -0.4 is 0 Å². The van der Waals surface area contributed by atoms with Crippen LogP contribution in [0.15, 0.2) is 12.3 Å². The Morgan fingerprint density at radius 3 is 3.20 bits per heavy atom. The third-order valence-corrected chi connectivity index (χ3v) is 3.18. The highest BCUT2D eigenvalue weighted by Crippen LogP contribution is 2.19. The summed E-state index contributed by atoms with van der Waals surface area (Å²) in [6.45, 7) is 5.31. The van der Waals surface area contributed by atoms with Crippen LogP contribution in [0.1, 0.15) is 25.5 Å². The molecule has 4 heteroatoms. The van der Waals surface area contributed by atoms with Crippen molar-refractivity contribution < 1.29 is 5.11 Å². The Hall–Kier alpha value is -0.870. The minimum atomic E-state index is 0.278. The summed E-state index contributed by atoms with van der Waals surface area (Å²) >= 11 is 0. The van der Waals surface area contributed by atoms with Gasteiger partial charge in [-0.05, 0) is 32.4 Å². The van der Waals surface area contributed by atoms with Gasteiger partial charge in [0.1, 0.15) is 0 Å². The Labute approximate surface area is 90.5 Å². The molecule has 2 rings (SSSR count). The van der Waals surface area contributed by atoms with E-state index in [4.69, 9.17) is 0 Å². The number of aryl methyl sites for hydroxylation is 1. The summed E-state index contributed by atoms with van der Waals surface area (Å²) in [5.41, 5.74) is 1.25. The van der Waals surface area contributed by atoms with Gasteiger partial charge in [0, 0.05) is 25.3 Å². The van der Waals surface area contributed by atoms with Gasteiger partial charge in [0.25, 0.3) is 0 Å². The maximum atomic E-state index is 9.23. The number of rotatable bonds is 4. The molecular formula is C11H19N3O. The van der Waals surface area contributed by atoms with E-state index in [1.807, 2.05) is 10.9 Å². The Kier molecular flexibility index (Phi) is 3.38. The molecule has 1 N–H and O–H groups in total. The van der Waals surface area contributed by atoms with Crippen LogP contribution >= 0.6 is 0 Å². The minimum absolute atomic E-state index is 0.278. The summed E-state index contributed by atoms with van der Waals surface area (Å²) in [5.74, 6) is 0. The molecule has 1 atom stereocenters. The average Bonchev–Trinajstić information content (AvgIpc) is 2.87. The maximum absolute atomic E-state index is 9.23. The van der Waals surface area contributed by atoms with Crippen LogP contribution in [0.5, 0.6) is 0 Å². The van der Waals surface area contributed by atoms with E-state index in [1.54, 1.807) is 0 Å². The normalized spacial score (nSPS) is 22.4. The van der Waals surface area contributed by atoms with Crippen molar-refractivity contribution in [1.82, 2.24) is 14.7 Å². The smallest absolute Gasteiger partial charge is 0.0587 e. The lowest BCUT2D eigenvalue weighted by atomic mass is 10.2. The molecule has 0 radical (unpaired) electrons. The van der Waals surface area contributed by atoms with Gasteiger partial charge in [0.2, 0.25) is 0 Å². The molecular weight excluding hydrogens is 190 g/mol. The van der Waals surface area contributed by atoms with Gasteiger partial charge in [-0.15, -0.1) is 0 Å². The molecule has 1 saturated heterocycles. The van der Waals surface area contributed by atoms with Gasteiger partial charge in [-0.1, -0.05) is 0 Å². The van der Waals surface area contributed by atoms with E-state index < -0.39 is 0 Å². The number of aromatic nitrogens is 2. The molecule has 1 aliphatic heterocycles. The first-order valence-electron chi connectivity index (χ1n) is 5.70. The standard InChI is InChI=1S/C11H19N3O/c1-2-14-10(5-6-12-14)8-13-7-3-4-11(13)9-15/h5-6,11,15H,2-4,7-9H2,1H3/t11-/m0/s1. The zero-order chi connectivity index (χ0) is 10.7. The van der Waals surface area contributed by atoms with Crippen LogP contribution in [0.3, 0.4) is 0 Å². The van der Waals surface area contributed by atoms with Gasteiger partial charge < -0.3 is 5.11 Å². The highest BCUT2D eigenvalue weighted by Gasteiger charge is 2.24. The van der Waals surface area contributed by atoms with Crippen molar-refractivity contribution in [3.8, 4) is 0 Å². The Balaban J connectivity index is 2.01. The maximum Gasteiger partial charge on any atom is 0.0587 e. The van der Waals surface area contributed by atoms with Crippen LogP contribution in [0.25, 0.3) is 0 Å². The molecule has 0 aliphatic carbocycles.